The maximum absolute atomic E-state index is 12.3. The lowest BCUT2D eigenvalue weighted by atomic mass is 10.0. The van der Waals surface area contributed by atoms with Crippen LogP contribution in [0.15, 0.2) is 27.6 Å². The number of hydrogen-bond donors (Lipinski definition) is 1. The van der Waals surface area contributed by atoms with E-state index >= 15 is 0 Å². The normalized spacial score (nSPS) is 16.9. The summed E-state index contributed by atoms with van der Waals surface area (Å²) in [5.74, 6) is 0.619. The van der Waals surface area contributed by atoms with Crippen molar-refractivity contribution in [3.8, 4) is 5.75 Å². The van der Waals surface area contributed by atoms with Crippen LogP contribution in [0.2, 0.25) is 0 Å². The average molecular weight is 362 g/mol. The summed E-state index contributed by atoms with van der Waals surface area (Å²) in [4.78, 5) is 0.262. The number of rotatable bonds is 7. The van der Waals surface area contributed by atoms with Gasteiger partial charge in [-0.25, -0.2) is 13.1 Å². The van der Waals surface area contributed by atoms with Crippen molar-refractivity contribution >= 4 is 26.0 Å². The zero-order chi connectivity index (χ0) is 14.8. The highest BCUT2D eigenvalue weighted by atomic mass is 79.9. The number of methoxy groups -OCH3 is 1. The Hall–Kier alpha value is -0.590. The summed E-state index contributed by atoms with van der Waals surface area (Å²) in [6, 6.07) is 4.78. The molecule has 0 aliphatic heterocycles. The van der Waals surface area contributed by atoms with Gasteiger partial charge in [-0.05, 0) is 58.8 Å². The van der Waals surface area contributed by atoms with Gasteiger partial charge in [-0.2, -0.15) is 0 Å². The highest BCUT2D eigenvalue weighted by Gasteiger charge is 2.42. The minimum Gasteiger partial charge on any atom is -0.496 e. The lowest BCUT2D eigenvalue weighted by Crippen LogP contribution is -2.30. The number of hydrogen-bond acceptors (Lipinski definition) is 3. The Morgan fingerprint density at radius 3 is 2.60 bits per heavy atom. The molecule has 1 aliphatic carbocycles. The number of ether oxygens (including phenoxy) is 1. The van der Waals surface area contributed by atoms with Gasteiger partial charge in [-0.1, -0.05) is 13.3 Å². The Bertz CT molecular complexity index is 582. The molecule has 1 aliphatic rings. The van der Waals surface area contributed by atoms with E-state index in [2.05, 4.69) is 27.6 Å². The third-order valence-corrected chi connectivity index (χ3v) is 5.83. The van der Waals surface area contributed by atoms with Crippen LogP contribution in [0.25, 0.3) is 0 Å². The van der Waals surface area contributed by atoms with Crippen LogP contribution in [0.1, 0.15) is 32.6 Å². The minimum absolute atomic E-state index is 0.200. The van der Waals surface area contributed by atoms with Crippen LogP contribution in [-0.2, 0) is 10.0 Å². The second-order valence-electron chi connectivity index (χ2n) is 5.37. The van der Waals surface area contributed by atoms with Gasteiger partial charge in [0.05, 0.1) is 16.5 Å². The number of halogens is 1. The molecule has 6 heteroatoms. The van der Waals surface area contributed by atoms with E-state index in [-0.39, 0.29) is 10.3 Å². The van der Waals surface area contributed by atoms with Gasteiger partial charge in [0.2, 0.25) is 10.0 Å². The van der Waals surface area contributed by atoms with Gasteiger partial charge in [-0.15, -0.1) is 0 Å². The Morgan fingerprint density at radius 2 is 2.10 bits per heavy atom. The summed E-state index contributed by atoms with van der Waals surface area (Å²) >= 11 is 3.31. The Balaban J connectivity index is 2.09. The van der Waals surface area contributed by atoms with Crippen LogP contribution < -0.4 is 9.46 Å². The molecule has 0 saturated heterocycles. The van der Waals surface area contributed by atoms with Crippen LogP contribution >= 0.6 is 15.9 Å². The van der Waals surface area contributed by atoms with Crippen LogP contribution in [0.4, 0.5) is 0 Å². The second kappa shape index (κ2) is 6.03. The fraction of sp³-hybridized carbons (Fsp3) is 0.571. The Morgan fingerprint density at radius 1 is 1.40 bits per heavy atom. The monoisotopic (exact) mass is 361 g/mol. The van der Waals surface area contributed by atoms with Crippen LogP contribution in [0.5, 0.6) is 5.75 Å². The van der Waals surface area contributed by atoms with E-state index in [0.717, 1.165) is 25.7 Å². The van der Waals surface area contributed by atoms with Crippen molar-refractivity contribution in [3.05, 3.63) is 22.7 Å². The van der Waals surface area contributed by atoms with Crippen molar-refractivity contribution in [2.24, 2.45) is 5.41 Å². The van der Waals surface area contributed by atoms with Crippen molar-refractivity contribution in [3.63, 3.8) is 0 Å². The highest BCUT2D eigenvalue weighted by Crippen LogP contribution is 2.49. The van der Waals surface area contributed by atoms with E-state index in [1.54, 1.807) is 25.3 Å². The maximum atomic E-state index is 12.3. The molecular weight excluding hydrogens is 342 g/mol. The first-order chi connectivity index (χ1) is 9.42. The van der Waals surface area contributed by atoms with E-state index in [9.17, 15) is 8.42 Å². The lowest BCUT2D eigenvalue weighted by molar-refractivity contribution is 0.411. The molecule has 1 aromatic carbocycles. The first-order valence-corrected chi connectivity index (χ1v) is 9.03. The Kier molecular flexibility index (Phi) is 4.76. The molecule has 1 fully saturated rings. The lowest BCUT2D eigenvalue weighted by Gasteiger charge is -2.15. The molecule has 2 rings (SSSR count). The van der Waals surface area contributed by atoms with Crippen molar-refractivity contribution in [1.29, 1.82) is 0 Å². The standard InChI is InChI=1S/C14H20BrNO3S/c1-3-6-14(7-8-14)10-16-20(17,18)11-4-5-13(19-2)12(15)9-11/h4-5,9,16H,3,6-8,10H2,1-2H3. The summed E-state index contributed by atoms with van der Waals surface area (Å²) in [7, 11) is -1.91. The summed E-state index contributed by atoms with van der Waals surface area (Å²) in [5.41, 5.74) is 0.200. The molecule has 0 radical (unpaired) electrons. The van der Waals surface area contributed by atoms with E-state index in [4.69, 9.17) is 4.74 Å². The molecule has 0 heterocycles. The van der Waals surface area contributed by atoms with Crippen LogP contribution in [0, 0.1) is 5.41 Å². The minimum atomic E-state index is -3.45. The molecule has 0 aromatic heterocycles. The molecule has 112 valence electrons. The predicted molar refractivity (Wildman–Crippen MR) is 82.5 cm³/mol. The smallest absolute Gasteiger partial charge is 0.240 e. The Labute approximate surface area is 129 Å². The highest BCUT2D eigenvalue weighted by molar-refractivity contribution is 9.10. The summed E-state index contributed by atoms with van der Waals surface area (Å²) in [6.45, 7) is 2.67. The molecule has 4 nitrogen and oxygen atoms in total. The molecule has 0 amide bonds. The molecule has 0 spiro atoms. The first-order valence-electron chi connectivity index (χ1n) is 6.76. The number of benzene rings is 1. The summed E-state index contributed by atoms with van der Waals surface area (Å²) in [5, 5.41) is 0. The number of sulfonamides is 1. The molecule has 1 N–H and O–H groups in total. The maximum Gasteiger partial charge on any atom is 0.240 e. The molecule has 0 atom stereocenters. The van der Waals surface area contributed by atoms with Gasteiger partial charge in [0, 0.05) is 6.54 Å². The summed E-state index contributed by atoms with van der Waals surface area (Å²) < 4.78 is 33.1. The van der Waals surface area contributed by atoms with Crippen molar-refractivity contribution < 1.29 is 13.2 Å². The molecule has 1 aromatic rings. The quantitative estimate of drug-likeness (QED) is 0.810. The fourth-order valence-corrected chi connectivity index (χ4v) is 4.24. The largest absolute Gasteiger partial charge is 0.496 e. The van der Waals surface area contributed by atoms with Crippen LogP contribution in [-0.4, -0.2) is 22.1 Å². The van der Waals surface area contributed by atoms with Gasteiger partial charge in [0.1, 0.15) is 5.75 Å². The average Bonchev–Trinajstić information content (AvgIpc) is 3.17. The first kappa shape index (κ1) is 15.8. The van der Waals surface area contributed by atoms with Gasteiger partial charge < -0.3 is 4.74 Å². The zero-order valence-electron chi connectivity index (χ0n) is 11.8. The van der Waals surface area contributed by atoms with Crippen molar-refractivity contribution in [1.82, 2.24) is 4.72 Å². The van der Waals surface area contributed by atoms with E-state index in [1.807, 2.05) is 0 Å². The van der Waals surface area contributed by atoms with Gasteiger partial charge in [0.25, 0.3) is 0 Å². The molecular formula is C14H20BrNO3S. The van der Waals surface area contributed by atoms with E-state index in [1.165, 1.54) is 0 Å². The molecule has 1 saturated carbocycles. The van der Waals surface area contributed by atoms with Gasteiger partial charge in [0.15, 0.2) is 0 Å². The second-order valence-corrected chi connectivity index (χ2v) is 7.99. The van der Waals surface area contributed by atoms with Crippen molar-refractivity contribution in [2.75, 3.05) is 13.7 Å². The topological polar surface area (TPSA) is 55.4 Å². The molecule has 0 bridgehead atoms. The van der Waals surface area contributed by atoms with Gasteiger partial charge in [-0.3, -0.25) is 0 Å². The summed E-state index contributed by atoms with van der Waals surface area (Å²) in [6.07, 6.45) is 4.42. The van der Waals surface area contributed by atoms with Crippen molar-refractivity contribution in [2.45, 2.75) is 37.5 Å². The van der Waals surface area contributed by atoms with E-state index in [0.29, 0.717) is 16.8 Å². The SMILES string of the molecule is CCCC1(CNS(=O)(=O)c2ccc(OC)c(Br)c2)CC1. The van der Waals surface area contributed by atoms with E-state index < -0.39 is 10.0 Å². The fourth-order valence-electron chi connectivity index (χ4n) is 2.37. The van der Waals surface area contributed by atoms with Crippen LogP contribution in [0.3, 0.4) is 0 Å². The zero-order valence-corrected chi connectivity index (χ0v) is 14.2. The number of nitrogens with one attached hydrogen (secondary N) is 1. The third kappa shape index (κ3) is 3.54. The third-order valence-electron chi connectivity index (χ3n) is 3.81. The van der Waals surface area contributed by atoms with Gasteiger partial charge >= 0.3 is 0 Å². The molecule has 0 unspecified atom stereocenters. The predicted octanol–water partition coefficient (Wildman–Crippen LogP) is 3.32. The molecule has 20 heavy (non-hydrogen) atoms.